The molecule has 0 aliphatic carbocycles. The fraction of sp³-hybridized carbons (Fsp3) is 0.417. The molecule has 0 saturated carbocycles. The van der Waals surface area contributed by atoms with Crippen molar-refractivity contribution in [3.8, 4) is 5.75 Å². The van der Waals surface area contributed by atoms with Crippen LogP contribution >= 0.6 is 23.2 Å². The van der Waals surface area contributed by atoms with E-state index in [1.807, 2.05) is 32.0 Å². The van der Waals surface area contributed by atoms with E-state index in [0.717, 1.165) is 24.0 Å². The van der Waals surface area contributed by atoms with Crippen molar-refractivity contribution in [2.75, 3.05) is 13.2 Å². The van der Waals surface area contributed by atoms with Gasteiger partial charge in [0.15, 0.2) is 6.61 Å². The quantitative estimate of drug-likeness (QED) is 0.452. The number of ether oxygens (including phenoxy) is 1. The monoisotopic (exact) mass is 464 g/mol. The molecular formula is C24H30Cl2N2O3. The van der Waals surface area contributed by atoms with Gasteiger partial charge in [-0.2, -0.15) is 0 Å². The highest BCUT2D eigenvalue weighted by molar-refractivity contribution is 6.35. The lowest BCUT2D eigenvalue weighted by atomic mass is 10.1. The summed E-state index contributed by atoms with van der Waals surface area (Å²) in [6, 6.07) is 12.0. The predicted octanol–water partition coefficient (Wildman–Crippen LogP) is 5.40. The van der Waals surface area contributed by atoms with Crippen LogP contribution in [0.15, 0.2) is 42.5 Å². The number of hydrogen-bond acceptors (Lipinski definition) is 3. The Morgan fingerprint density at radius 2 is 1.90 bits per heavy atom. The maximum atomic E-state index is 13.2. The topological polar surface area (TPSA) is 58.6 Å². The van der Waals surface area contributed by atoms with Crippen molar-refractivity contribution in [1.29, 1.82) is 0 Å². The van der Waals surface area contributed by atoms with Crippen LogP contribution in [0.25, 0.3) is 0 Å². The third kappa shape index (κ3) is 7.75. The standard InChI is InChI=1S/C24H30Cl2N2O3/c1-4-6-12-27-24(30)22(5-2)28(15-18-10-11-19(25)14-21(18)26)23(29)16-31-20-9-7-8-17(3)13-20/h7-11,13-14,22H,4-6,12,15-16H2,1-3H3,(H,27,30). The number of carbonyl (C=O) groups excluding carboxylic acids is 2. The van der Waals surface area contributed by atoms with Crippen LogP contribution in [0, 0.1) is 6.92 Å². The number of amides is 2. The second-order valence-electron chi connectivity index (χ2n) is 7.43. The van der Waals surface area contributed by atoms with Crippen molar-refractivity contribution in [3.05, 3.63) is 63.6 Å². The van der Waals surface area contributed by atoms with Gasteiger partial charge in [0.1, 0.15) is 11.8 Å². The molecule has 2 rings (SSSR count). The number of rotatable bonds is 11. The molecule has 0 spiro atoms. The number of benzene rings is 2. The highest BCUT2D eigenvalue weighted by Gasteiger charge is 2.29. The van der Waals surface area contributed by atoms with Crippen LogP contribution in [-0.2, 0) is 16.1 Å². The van der Waals surface area contributed by atoms with E-state index in [2.05, 4.69) is 12.2 Å². The molecule has 0 bridgehead atoms. The number of hydrogen-bond donors (Lipinski definition) is 1. The Labute approximate surface area is 194 Å². The third-order valence-electron chi connectivity index (χ3n) is 4.92. The molecule has 0 aromatic heterocycles. The van der Waals surface area contributed by atoms with Gasteiger partial charge in [-0.1, -0.05) is 61.7 Å². The fourth-order valence-corrected chi connectivity index (χ4v) is 3.66. The second kappa shape index (κ2) is 12.6. The molecule has 2 aromatic rings. The molecule has 2 aromatic carbocycles. The smallest absolute Gasteiger partial charge is 0.261 e. The minimum absolute atomic E-state index is 0.173. The van der Waals surface area contributed by atoms with E-state index >= 15 is 0 Å². The zero-order valence-corrected chi connectivity index (χ0v) is 19.8. The maximum Gasteiger partial charge on any atom is 0.261 e. The summed E-state index contributed by atoms with van der Waals surface area (Å²) in [5.74, 6) is 0.147. The number of halogens is 2. The van der Waals surface area contributed by atoms with Crippen molar-refractivity contribution in [3.63, 3.8) is 0 Å². The molecule has 0 radical (unpaired) electrons. The Morgan fingerprint density at radius 3 is 2.55 bits per heavy atom. The van der Waals surface area contributed by atoms with Gasteiger partial charge in [-0.05, 0) is 55.2 Å². The average molecular weight is 465 g/mol. The van der Waals surface area contributed by atoms with Crippen molar-refractivity contribution < 1.29 is 14.3 Å². The van der Waals surface area contributed by atoms with Gasteiger partial charge in [0.2, 0.25) is 5.91 Å². The van der Waals surface area contributed by atoms with Gasteiger partial charge in [0.25, 0.3) is 5.91 Å². The number of nitrogens with one attached hydrogen (secondary N) is 1. The lowest BCUT2D eigenvalue weighted by molar-refractivity contribution is -0.143. The van der Waals surface area contributed by atoms with Crippen molar-refractivity contribution in [1.82, 2.24) is 10.2 Å². The van der Waals surface area contributed by atoms with Crippen LogP contribution in [0.4, 0.5) is 0 Å². The lowest BCUT2D eigenvalue weighted by Gasteiger charge is -2.31. The first kappa shape index (κ1) is 25.0. The van der Waals surface area contributed by atoms with Crippen LogP contribution in [0.1, 0.15) is 44.2 Å². The van der Waals surface area contributed by atoms with Crippen LogP contribution in [0.3, 0.4) is 0 Å². The Balaban J connectivity index is 2.22. The molecule has 31 heavy (non-hydrogen) atoms. The summed E-state index contributed by atoms with van der Waals surface area (Å²) in [7, 11) is 0. The van der Waals surface area contributed by atoms with Gasteiger partial charge in [-0.15, -0.1) is 0 Å². The summed E-state index contributed by atoms with van der Waals surface area (Å²) < 4.78 is 5.71. The number of nitrogens with zero attached hydrogens (tertiary/aromatic N) is 1. The molecule has 0 saturated heterocycles. The normalized spacial score (nSPS) is 11.6. The van der Waals surface area contributed by atoms with Crippen LogP contribution < -0.4 is 10.1 Å². The minimum atomic E-state index is -0.628. The molecule has 1 atom stereocenters. The Morgan fingerprint density at radius 1 is 1.13 bits per heavy atom. The zero-order chi connectivity index (χ0) is 22.8. The van der Waals surface area contributed by atoms with Crippen molar-refractivity contribution in [2.45, 2.75) is 52.6 Å². The number of unbranched alkanes of at least 4 members (excludes halogenated alkanes) is 1. The van der Waals surface area contributed by atoms with Gasteiger partial charge in [0, 0.05) is 23.1 Å². The molecule has 0 aliphatic rings. The summed E-state index contributed by atoms with van der Waals surface area (Å²) in [6.07, 6.45) is 2.33. The molecule has 1 unspecified atom stereocenters. The molecule has 7 heteroatoms. The van der Waals surface area contributed by atoms with E-state index in [4.69, 9.17) is 27.9 Å². The summed E-state index contributed by atoms with van der Waals surface area (Å²) in [6.45, 7) is 6.49. The molecule has 0 aliphatic heterocycles. The Hall–Kier alpha value is -2.24. The van der Waals surface area contributed by atoms with Crippen molar-refractivity contribution in [2.24, 2.45) is 0 Å². The fourth-order valence-electron chi connectivity index (χ4n) is 3.19. The summed E-state index contributed by atoms with van der Waals surface area (Å²) >= 11 is 12.4. The summed E-state index contributed by atoms with van der Waals surface area (Å²) in [5.41, 5.74) is 1.76. The largest absolute Gasteiger partial charge is 0.484 e. The predicted molar refractivity (Wildman–Crippen MR) is 126 cm³/mol. The molecule has 168 valence electrons. The average Bonchev–Trinajstić information content (AvgIpc) is 2.73. The van der Waals surface area contributed by atoms with Gasteiger partial charge in [-0.25, -0.2) is 0 Å². The highest BCUT2D eigenvalue weighted by atomic mass is 35.5. The molecule has 0 fully saturated rings. The number of carbonyl (C=O) groups is 2. The Kier molecular flexibility index (Phi) is 10.2. The molecular weight excluding hydrogens is 435 g/mol. The van der Waals surface area contributed by atoms with Gasteiger partial charge in [0.05, 0.1) is 0 Å². The zero-order valence-electron chi connectivity index (χ0n) is 18.3. The molecule has 0 heterocycles. The number of aryl methyl sites for hydroxylation is 1. The van der Waals surface area contributed by atoms with Crippen LogP contribution in [-0.4, -0.2) is 35.9 Å². The summed E-state index contributed by atoms with van der Waals surface area (Å²) in [4.78, 5) is 27.5. The van der Waals surface area contributed by atoms with Crippen LogP contribution in [0.2, 0.25) is 10.0 Å². The van der Waals surface area contributed by atoms with E-state index in [0.29, 0.717) is 28.8 Å². The molecule has 2 amide bonds. The molecule has 1 N–H and O–H groups in total. The Bertz CT molecular complexity index is 889. The first-order chi connectivity index (χ1) is 14.8. The maximum absolute atomic E-state index is 13.2. The van der Waals surface area contributed by atoms with Gasteiger partial charge < -0.3 is 15.0 Å². The minimum Gasteiger partial charge on any atom is -0.484 e. The first-order valence-electron chi connectivity index (χ1n) is 10.6. The van der Waals surface area contributed by atoms with E-state index in [1.54, 1.807) is 24.3 Å². The second-order valence-corrected chi connectivity index (χ2v) is 8.27. The van der Waals surface area contributed by atoms with Crippen LogP contribution in [0.5, 0.6) is 5.75 Å². The van der Waals surface area contributed by atoms with Gasteiger partial charge >= 0.3 is 0 Å². The van der Waals surface area contributed by atoms with Crippen molar-refractivity contribution >= 4 is 35.0 Å². The third-order valence-corrected chi connectivity index (χ3v) is 5.51. The lowest BCUT2D eigenvalue weighted by Crippen LogP contribution is -2.50. The van der Waals surface area contributed by atoms with E-state index in [-0.39, 0.29) is 25.0 Å². The van der Waals surface area contributed by atoms with E-state index in [9.17, 15) is 9.59 Å². The van der Waals surface area contributed by atoms with E-state index < -0.39 is 6.04 Å². The summed E-state index contributed by atoms with van der Waals surface area (Å²) in [5, 5.41) is 3.90. The first-order valence-corrected chi connectivity index (χ1v) is 11.3. The SMILES string of the molecule is CCCCNC(=O)C(CC)N(Cc1ccc(Cl)cc1Cl)C(=O)COc1cccc(C)c1. The van der Waals surface area contributed by atoms with E-state index in [1.165, 1.54) is 4.90 Å². The van der Waals surface area contributed by atoms with Gasteiger partial charge in [-0.3, -0.25) is 9.59 Å². The molecule has 5 nitrogen and oxygen atoms in total. The highest BCUT2D eigenvalue weighted by Crippen LogP contribution is 2.24.